The quantitative estimate of drug-likeness (QED) is 0.150. The van der Waals surface area contributed by atoms with Crippen LogP contribution in [0.5, 0.6) is 0 Å². The summed E-state index contributed by atoms with van der Waals surface area (Å²) in [5.41, 5.74) is 16.1. The van der Waals surface area contributed by atoms with Gasteiger partial charge in [-0.2, -0.15) is 0 Å². The van der Waals surface area contributed by atoms with Crippen LogP contribution >= 0.6 is 0 Å². The fourth-order valence-corrected chi connectivity index (χ4v) is 9.01. The SMILES string of the molecule is c1ccc(-c2cc(N(c3ccc4c5ccccc5n(-c5ccccc5)c4c3)c3cccc(-c4ccccc4)c3-c3ccccc3)ccc2-c2ccc3ccccc3c2)cc1. The van der Waals surface area contributed by atoms with Crippen LogP contribution in [0, 0.1) is 0 Å². The van der Waals surface area contributed by atoms with Gasteiger partial charge < -0.3 is 9.47 Å². The topological polar surface area (TPSA) is 8.17 Å². The van der Waals surface area contributed by atoms with Crippen molar-refractivity contribution >= 4 is 49.6 Å². The van der Waals surface area contributed by atoms with E-state index in [-0.39, 0.29) is 0 Å². The van der Waals surface area contributed by atoms with Crippen molar-refractivity contribution in [2.45, 2.75) is 0 Å². The molecule has 0 radical (unpaired) electrons. The molecule has 282 valence electrons. The second-order valence-electron chi connectivity index (χ2n) is 15.3. The molecule has 0 unspecified atom stereocenters. The lowest BCUT2D eigenvalue weighted by molar-refractivity contribution is 1.18. The van der Waals surface area contributed by atoms with Crippen molar-refractivity contribution in [2.75, 3.05) is 4.90 Å². The number of aromatic nitrogens is 1. The summed E-state index contributed by atoms with van der Waals surface area (Å²) in [6, 6.07) is 88.1. The van der Waals surface area contributed by atoms with Crippen LogP contribution in [0.4, 0.5) is 17.1 Å². The van der Waals surface area contributed by atoms with E-state index in [4.69, 9.17) is 0 Å². The largest absolute Gasteiger partial charge is 0.310 e. The number of hydrogen-bond acceptors (Lipinski definition) is 1. The average Bonchev–Trinajstić information content (AvgIpc) is 3.66. The predicted molar refractivity (Wildman–Crippen MR) is 255 cm³/mol. The van der Waals surface area contributed by atoms with Crippen molar-refractivity contribution in [3.05, 3.63) is 243 Å². The zero-order valence-corrected chi connectivity index (χ0v) is 33.0. The van der Waals surface area contributed by atoms with Crippen molar-refractivity contribution in [3.63, 3.8) is 0 Å². The first-order valence-electron chi connectivity index (χ1n) is 20.6. The van der Waals surface area contributed by atoms with E-state index in [2.05, 4.69) is 252 Å². The van der Waals surface area contributed by atoms with Crippen LogP contribution < -0.4 is 4.90 Å². The maximum Gasteiger partial charge on any atom is 0.0561 e. The van der Waals surface area contributed by atoms with Gasteiger partial charge in [0.05, 0.1) is 16.7 Å². The molecular weight excluding hydrogens is 725 g/mol. The average molecular weight is 765 g/mol. The molecule has 0 N–H and O–H groups in total. The standard InChI is InChI=1S/C58H40N2/c1-5-19-42(20-6-1)51-29-17-31-56(58(51)44-23-9-3-10-24-44)59(49-35-37-53-52-28-15-16-30-55(52)60(57(53)40-49)47-26-11-4-12-27-47)48-34-36-50(54(39-48)43-21-7-2-8-22-43)46-33-32-41-18-13-14-25-45(41)38-46/h1-40H. The van der Waals surface area contributed by atoms with Gasteiger partial charge in [-0.15, -0.1) is 0 Å². The minimum atomic E-state index is 1.07. The van der Waals surface area contributed by atoms with E-state index in [0.717, 1.165) is 33.8 Å². The molecule has 0 atom stereocenters. The lowest BCUT2D eigenvalue weighted by atomic mass is 9.91. The fourth-order valence-electron chi connectivity index (χ4n) is 9.01. The van der Waals surface area contributed by atoms with E-state index in [1.165, 1.54) is 66.0 Å². The highest BCUT2D eigenvalue weighted by atomic mass is 15.1. The lowest BCUT2D eigenvalue weighted by Gasteiger charge is -2.30. The molecule has 2 nitrogen and oxygen atoms in total. The molecule has 2 heteroatoms. The van der Waals surface area contributed by atoms with Gasteiger partial charge in [0.1, 0.15) is 0 Å². The van der Waals surface area contributed by atoms with Gasteiger partial charge >= 0.3 is 0 Å². The minimum absolute atomic E-state index is 1.07. The van der Waals surface area contributed by atoms with E-state index >= 15 is 0 Å². The van der Waals surface area contributed by atoms with Crippen LogP contribution in [0.1, 0.15) is 0 Å². The van der Waals surface area contributed by atoms with Crippen LogP contribution in [0.25, 0.3) is 82.8 Å². The summed E-state index contributed by atoms with van der Waals surface area (Å²) in [5, 5.41) is 4.92. The van der Waals surface area contributed by atoms with E-state index in [1.807, 2.05) is 0 Å². The van der Waals surface area contributed by atoms with Gasteiger partial charge in [0.2, 0.25) is 0 Å². The molecule has 1 aromatic heterocycles. The third-order valence-corrected chi connectivity index (χ3v) is 11.8. The number of anilines is 3. The van der Waals surface area contributed by atoms with Gasteiger partial charge in [-0.05, 0) is 104 Å². The second-order valence-corrected chi connectivity index (χ2v) is 15.3. The van der Waals surface area contributed by atoms with Gasteiger partial charge in [-0.1, -0.05) is 188 Å². The summed E-state index contributed by atoms with van der Waals surface area (Å²) in [6.45, 7) is 0. The molecule has 0 aliphatic heterocycles. The monoisotopic (exact) mass is 764 g/mol. The normalized spacial score (nSPS) is 11.3. The van der Waals surface area contributed by atoms with Crippen molar-refractivity contribution < 1.29 is 0 Å². The Morgan fingerprint density at radius 1 is 0.300 bits per heavy atom. The van der Waals surface area contributed by atoms with Crippen LogP contribution in [-0.2, 0) is 0 Å². The molecule has 60 heavy (non-hydrogen) atoms. The van der Waals surface area contributed by atoms with Crippen molar-refractivity contribution in [1.29, 1.82) is 0 Å². The van der Waals surface area contributed by atoms with Crippen molar-refractivity contribution in [2.24, 2.45) is 0 Å². The molecule has 0 bridgehead atoms. The molecule has 0 amide bonds. The third kappa shape index (κ3) is 6.23. The summed E-state index contributed by atoms with van der Waals surface area (Å²) in [4.78, 5) is 2.47. The number of hydrogen-bond donors (Lipinski definition) is 0. The van der Waals surface area contributed by atoms with Gasteiger partial charge in [-0.3, -0.25) is 0 Å². The molecule has 11 rings (SSSR count). The number of fused-ring (bicyclic) bond motifs is 4. The molecule has 1 heterocycles. The van der Waals surface area contributed by atoms with Crippen molar-refractivity contribution in [3.8, 4) is 50.2 Å². The molecule has 0 aliphatic carbocycles. The Bertz CT molecular complexity index is 3300. The summed E-state index contributed by atoms with van der Waals surface area (Å²) < 4.78 is 2.41. The summed E-state index contributed by atoms with van der Waals surface area (Å²) in [6.07, 6.45) is 0. The van der Waals surface area contributed by atoms with E-state index < -0.39 is 0 Å². The summed E-state index contributed by atoms with van der Waals surface area (Å²) >= 11 is 0. The molecule has 0 aliphatic rings. The Kier molecular flexibility index (Phi) is 8.87. The van der Waals surface area contributed by atoms with Crippen LogP contribution in [0.3, 0.4) is 0 Å². The van der Waals surface area contributed by atoms with Crippen LogP contribution in [0.15, 0.2) is 243 Å². The lowest BCUT2D eigenvalue weighted by Crippen LogP contribution is -2.12. The first kappa shape index (κ1) is 35.2. The molecule has 0 saturated heterocycles. The van der Waals surface area contributed by atoms with Gasteiger partial charge in [0, 0.05) is 33.4 Å². The van der Waals surface area contributed by atoms with Crippen LogP contribution in [0.2, 0.25) is 0 Å². The zero-order chi connectivity index (χ0) is 39.8. The smallest absolute Gasteiger partial charge is 0.0561 e. The number of rotatable bonds is 8. The predicted octanol–water partition coefficient (Wildman–Crippen LogP) is 16.1. The van der Waals surface area contributed by atoms with Gasteiger partial charge in [0.25, 0.3) is 0 Å². The molecule has 0 spiro atoms. The zero-order valence-electron chi connectivity index (χ0n) is 33.0. The highest BCUT2D eigenvalue weighted by Gasteiger charge is 2.23. The van der Waals surface area contributed by atoms with E-state index in [1.54, 1.807) is 0 Å². The van der Waals surface area contributed by atoms with Gasteiger partial charge in [-0.25, -0.2) is 0 Å². The highest BCUT2D eigenvalue weighted by molar-refractivity contribution is 6.11. The Balaban J connectivity index is 1.21. The Morgan fingerprint density at radius 3 is 1.63 bits per heavy atom. The molecule has 10 aromatic carbocycles. The molecule has 0 fully saturated rings. The highest BCUT2D eigenvalue weighted by Crippen LogP contribution is 2.48. The van der Waals surface area contributed by atoms with Gasteiger partial charge in [0.15, 0.2) is 0 Å². The molecular formula is C58H40N2. The van der Waals surface area contributed by atoms with Crippen LogP contribution in [-0.4, -0.2) is 4.57 Å². The first-order valence-corrected chi connectivity index (χ1v) is 20.6. The molecule has 11 aromatic rings. The van der Waals surface area contributed by atoms with Crippen molar-refractivity contribution in [1.82, 2.24) is 4.57 Å². The molecule has 0 saturated carbocycles. The first-order chi connectivity index (χ1) is 29.8. The summed E-state index contributed by atoms with van der Waals surface area (Å²) in [7, 11) is 0. The number of para-hydroxylation sites is 2. The maximum atomic E-state index is 2.47. The minimum Gasteiger partial charge on any atom is -0.310 e. The maximum absolute atomic E-state index is 2.47. The van der Waals surface area contributed by atoms with E-state index in [0.29, 0.717) is 0 Å². The third-order valence-electron chi connectivity index (χ3n) is 11.8. The second kappa shape index (κ2) is 15.1. The number of benzene rings is 10. The Morgan fingerprint density at radius 2 is 0.883 bits per heavy atom. The van der Waals surface area contributed by atoms with E-state index in [9.17, 15) is 0 Å². The Labute approximate surface area is 350 Å². The Hall–Kier alpha value is -7.94. The fraction of sp³-hybridized carbons (Fsp3) is 0. The summed E-state index contributed by atoms with van der Waals surface area (Å²) in [5.74, 6) is 0. The number of nitrogens with zero attached hydrogens (tertiary/aromatic N) is 2.